The number of nitrogens with zero attached hydrogens (tertiary/aromatic N) is 2. The van der Waals surface area contributed by atoms with Gasteiger partial charge in [-0.25, -0.2) is 9.97 Å². The van der Waals surface area contributed by atoms with Crippen LogP contribution in [0.15, 0.2) is 22.7 Å². The van der Waals surface area contributed by atoms with Gasteiger partial charge < -0.3 is 5.32 Å². The van der Waals surface area contributed by atoms with E-state index in [0.29, 0.717) is 21.4 Å². The maximum Gasteiger partial charge on any atom is 0.164 e. The van der Waals surface area contributed by atoms with Crippen molar-refractivity contribution in [3.63, 3.8) is 0 Å². The summed E-state index contributed by atoms with van der Waals surface area (Å²) in [5.74, 6) is 1.49. The number of rotatable bonds is 3. The number of halogens is 3. The van der Waals surface area contributed by atoms with Gasteiger partial charge in [0.2, 0.25) is 0 Å². The van der Waals surface area contributed by atoms with E-state index in [-0.39, 0.29) is 5.92 Å². The molecule has 0 aliphatic carbocycles. The second-order valence-corrected chi connectivity index (χ2v) is 6.20. The number of anilines is 1. The fraction of sp³-hybridized carbons (Fsp3) is 0.286. The van der Waals surface area contributed by atoms with Crippen LogP contribution >= 0.6 is 39.1 Å². The lowest BCUT2D eigenvalue weighted by atomic mass is 10.1. The highest BCUT2D eigenvalue weighted by atomic mass is 79.9. The lowest BCUT2D eigenvalue weighted by Gasteiger charge is -2.14. The summed E-state index contributed by atoms with van der Waals surface area (Å²) in [5.41, 5.74) is 1.57. The van der Waals surface area contributed by atoms with Crippen molar-refractivity contribution >= 4 is 44.9 Å². The molecule has 2 aromatic rings. The molecule has 0 amide bonds. The number of hydrogen-bond acceptors (Lipinski definition) is 3. The van der Waals surface area contributed by atoms with Crippen LogP contribution < -0.4 is 5.32 Å². The molecule has 0 spiro atoms. The molecule has 1 aromatic carbocycles. The van der Waals surface area contributed by atoms with Gasteiger partial charge in [0, 0.05) is 7.05 Å². The van der Waals surface area contributed by atoms with Crippen LogP contribution in [-0.2, 0) is 0 Å². The molecule has 0 saturated heterocycles. The van der Waals surface area contributed by atoms with E-state index in [2.05, 4.69) is 45.1 Å². The summed E-state index contributed by atoms with van der Waals surface area (Å²) in [5, 5.41) is 4.13. The van der Waals surface area contributed by atoms with Gasteiger partial charge in [-0.1, -0.05) is 43.1 Å². The summed E-state index contributed by atoms with van der Waals surface area (Å²) >= 11 is 16.0. The van der Waals surface area contributed by atoms with Crippen molar-refractivity contribution in [3.8, 4) is 11.4 Å². The van der Waals surface area contributed by atoms with Gasteiger partial charge in [-0.05, 0) is 34.0 Å². The van der Waals surface area contributed by atoms with Crippen LogP contribution in [0.3, 0.4) is 0 Å². The lowest BCUT2D eigenvalue weighted by molar-refractivity contribution is 0.810. The van der Waals surface area contributed by atoms with Crippen molar-refractivity contribution in [2.24, 2.45) is 0 Å². The zero-order valence-corrected chi connectivity index (χ0v) is 14.4. The molecule has 0 radical (unpaired) electrons. The van der Waals surface area contributed by atoms with Crippen molar-refractivity contribution in [1.29, 1.82) is 0 Å². The Kier molecular flexibility index (Phi) is 4.89. The minimum absolute atomic E-state index is 0.250. The first-order valence-electron chi connectivity index (χ1n) is 6.15. The average molecular weight is 375 g/mol. The predicted molar refractivity (Wildman–Crippen MR) is 88.8 cm³/mol. The van der Waals surface area contributed by atoms with Crippen LogP contribution in [0.5, 0.6) is 0 Å². The maximum absolute atomic E-state index is 6.23. The zero-order chi connectivity index (χ0) is 14.9. The summed E-state index contributed by atoms with van der Waals surface area (Å²) in [6.45, 7) is 4.15. The Morgan fingerprint density at radius 3 is 2.25 bits per heavy atom. The van der Waals surface area contributed by atoms with Gasteiger partial charge >= 0.3 is 0 Å². The molecular formula is C14H14BrCl2N3. The SMILES string of the molecule is CNc1nc(-c2c(Cl)cccc2Cl)nc(C(C)C)c1Br. The number of nitrogens with one attached hydrogen (secondary N) is 1. The second kappa shape index (κ2) is 6.29. The first kappa shape index (κ1) is 15.5. The van der Waals surface area contributed by atoms with E-state index in [1.165, 1.54) is 0 Å². The molecule has 0 aliphatic heterocycles. The van der Waals surface area contributed by atoms with Gasteiger partial charge in [-0.3, -0.25) is 0 Å². The molecule has 0 fully saturated rings. The van der Waals surface area contributed by atoms with Gasteiger partial charge in [0.1, 0.15) is 5.82 Å². The zero-order valence-electron chi connectivity index (χ0n) is 11.3. The summed E-state index contributed by atoms with van der Waals surface area (Å²) in [6.07, 6.45) is 0. The molecule has 106 valence electrons. The van der Waals surface area contributed by atoms with E-state index in [1.807, 2.05) is 7.05 Å². The second-order valence-electron chi connectivity index (χ2n) is 4.60. The molecular weight excluding hydrogens is 361 g/mol. The predicted octanol–water partition coefficient (Wildman–Crippen LogP) is 5.38. The van der Waals surface area contributed by atoms with Crippen molar-refractivity contribution < 1.29 is 0 Å². The third-order valence-electron chi connectivity index (χ3n) is 2.85. The monoisotopic (exact) mass is 373 g/mol. The Hall–Kier alpha value is -0.840. The number of aromatic nitrogens is 2. The molecule has 20 heavy (non-hydrogen) atoms. The third kappa shape index (κ3) is 2.92. The van der Waals surface area contributed by atoms with Crippen molar-refractivity contribution in [1.82, 2.24) is 9.97 Å². The summed E-state index contributed by atoms with van der Waals surface area (Å²) in [4.78, 5) is 9.09. The van der Waals surface area contributed by atoms with Crippen LogP contribution in [-0.4, -0.2) is 17.0 Å². The van der Waals surface area contributed by atoms with Gasteiger partial charge in [0.25, 0.3) is 0 Å². The Bertz CT molecular complexity index is 624. The van der Waals surface area contributed by atoms with Crippen LogP contribution in [0.25, 0.3) is 11.4 Å². The molecule has 2 rings (SSSR count). The molecule has 1 aromatic heterocycles. The molecule has 1 N–H and O–H groups in total. The molecule has 0 bridgehead atoms. The van der Waals surface area contributed by atoms with Crippen molar-refractivity contribution in [3.05, 3.63) is 38.4 Å². The highest BCUT2D eigenvalue weighted by molar-refractivity contribution is 9.10. The van der Waals surface area contributed by atoms with Crippen LogP contribution in [0.4, 0.5) is 5.82 Å². The Morgan fingerprint density at radius 2 is 1.75 bits per heavy atom. The number of benzene rings is 1. The van der Waals surface area contributed by atoms with E-state index in [9.17, 15) is 0 Å². The lowest BCUT2D eigenvalue weighted by Crippen LogP contribution is -2.05. The average Bonchev–Trinajstić information content (AvgIpc) is 2.39. The normalized spacial score (nSPS) is 10.9. The molecule has 1 heterocycles. The largest absolute Gasteiger partial charge is 0.372 e. The first-order chi connectivity index (χ1) is 9.45. The molecule has 0 atom stereocenters. The van der Waals surface area contributed by atoms with Gasteiger partial charge in [0.15, 0.2) is 5.82 Å². The van der Waals surface area contributed by atoms with Gasteiger partial charge in [0.05, 0.1) is 25.8 Å². The maximum atomic E-state index is 6.23. The minimum Gasteiger partial charge on any atom is -0.372 e. The fourth-order valence-corrected chi connectivity index (χ4v) is 3.24. The smallest absolute Gasteiger partial charge is 0.164 e. The summed E-state index contributed by atoms with van der Waals surface area (Å²) in [6, 6.07) is 5.36. The quantitative estimate of drug-likeness (QED) is 0.783. The van der Waals surface area contributed by atoms with E-state index in [4.69, 9.17) is 23.2 Å². The van der Waals surface area contributed by atoms with Crippen LogP contribution in [0, 0.1) is 0 Å². The van der Waals surface area contributed by atoms with Crippen LogP contribution in [0.1, 0.15) is 25.5 Å². The summed E-state index contributed by atoms with van der Waals surface area (Å²) < 4.78 is 0.863. The van der Waals surface area contributed by atoms with E-state index in [1.54, 1.807) is 18.2 Å². The Morgan fingerprint density at radius 1 is 1.15 bits per heavy atom. The molecule has 0 saturated carbocycles. The van der Waals surface area contributed by atoms with E-state index < -0.39 is 0 Å². The van der Waals surface area contributed by atoms with E-state index in [0.717, 1.165) is 16.0 Å². The van der Waals surface area contributed by atoms with Crippen molar-refractivity contribution in [2.45, 2.75) is 19.8 Å². The van der Waals surface area contributed by atoms with E-state index >= 15 is 0 Å². The topological polar surface area (TPSA) is 37.8 Å². The highest BCUT2D eigenvalue weighted by Crippen LogP contribution is 2.36. The Labute approximate surface area is 136 Å². The Balaban J connectivity index is 2.72. The van der Waals surface area contributed by atoms with Crippen LogP contribution in [0.2, 0.25) is 10.0 Å². The van der Waals surface area contributed by atoms with Gasteiger partial charge in [-0.15, -0.1) is 0 Å². The third-order valence-corrected chi connectivity index (χ3v) is 4.26. The standard InChI is InChI=1S/C14H14BrCl2N3/c1-7(2)12-11(15)14(18-3)20-13(19-12)10-8(16)5-4-6-9(10)17/h4-7H,1-3H3,(H,18,19,20). The fourth-order valence-electron chi connectivity index (χ4n) is 1.84. The highest BCUT2D eigenvalue weighted by Gasteiger charge is 2.18. The molecule has 0 aliphatic rings. The first-order valence-corrected chi connectivity index (χ1v) is 7.70. The molecule has 3 nitrogen and oxygen atoms in total. The molecule has 0 unspecified atom stereocenters. The summed E-state index contributed by atoms with van der Waals surface area (Å²) in [7, 11) is 1.81. The number of hydrogen-bond donors (Lipinski definition) is 1. The minimum atomic E-state index is 0.250. The van der Waals surface area contributed by atoms with Crippen molar-refractivity contribution in [2.75, 3.05) is 12.4 Å². The van der Waals surface area contributed by atoms with Gasteiger partial charge in [-0.2, -0.15) is 0 Å². The molecule has 6 heteroatoms.